The van der Waals surface area contributed by atoms with Gasteiger partial charge < -0.3 is 4.74 Å². The molecule has 2 saturated carbocycles. The highest BCUT2D eigenvalue weighted by Gasteiger charge is 2.10. The Morgan fingerprint density at radius 2 is 1.28 bits per heavy atom. The Bertz CT molecular complexity index is 198. The summed E-state index contributed by atoms with van der Waals surface area (Å²) in [6.45, 7) is 3.79. The molecule has 2 aliphatic rings. The van der Waals surface area contributed by atoms with Crippen LogP contribution in [0.15, 0.2) is 0 Å². The molecule has 0 bridgehead atoms. The molecule has 0 heterocycles. The zero-order valence-corrected chi connectivity index (χ0v) is 12.6. The van der Waals surface area contributed by atoms with E-state index in [1.807, 2.05) is 7.11 Å². The second-order valence-corrected chi connectivity index (χ2v) is 5.46. The van der Waals surface area contributed by atoms with E-state index >= 15 is 0 Å². The SMILES string of the molecule is CC#N.CC1CCCCC1.COC1CCCCC1. The van der Waals surface area contributed by atoms with Crippen molar-refractivity contribution < 1.29 is 4.74 Å². The maximum atomic E-state index is 7.32. The Kier molecular flexibility index (Phi) is 12.5. The molecule has 0 unspecified atom stereocenters. The van der Waals surface area contributed by atoms with Crippen molar-refractivity contribution in [3.8, 4) is 6.07 Å². The molecule has 0 aromatic heterocycles. The van der Waals surface area contributed by atoms with Crippen LogP contribution in [0.2, 0.25) is 0 Å². The van der Waals surface area contributed by atoms with Gasteiger partial charge >= 0.3 is 0 Å². The lowest BCUT2D eigenvalue weighted by atomic mass is 9.91. The largest absolute Gasteiger partial charge is 0.381 e. The molecule has 0 aromatic carbocycles. The van der Waals surface area contributed by atoms with E-state index in [-0.39, 0.29) is 0 Å². The fourth-order valence-corrected chi connectivity index (χ4v) is 2.61. The van der Waals surface area contributed by atoms with Crippen molar-refractivity contribution in [1.82, 2.24) is 0 Å². The van der Waals surface area contributed by atoms with Crippen LogP contribution in [0.3, 0.4) is 0 Å². The van der Waals surface area contributed by atoms with Gasteiger partial charge in [0.1, 0.15) is 0 Å². The fourth-order valence-electron chi connectivity index (χ4n) is 2.61. The van der Waals surface area contributed by atoms with E-state index in [0.717, 1.165) is 5.92 Å². The molecule has 106 valence electrons. The smallest absolute Gasteiger partial charge is 0.0587 e. The summed E-state index contributed by atoms with van der Waals surface area (Å²) < 4.78 is 5.19. The molecule has 2 nitrogen and oxygen atoms in total. The van der Waals surface area contributed by atoms with Gasteiger partial charge in [0, 0.05) is 14.0 Å². The van der Waals surface area contributed by atoms with Crippen molar-refractivity contribution >= 4 is 0 Å². The molecular formula is C16H31NO. The average Bonchev–Trinajstić information content (AvgIpc) is 2.42. The highest BCUT2D eigenvalue weighted by atomic mass is 16.5. The number of ether oxygens (including phenoxy) is 1. The first-order valence-electron chi connectivity index (χ1n) is 7.58. The molecule has 0 radical (unpaired) electrons. The summed E-state index contributed by atoms with van der Waals surface area (Å²) in [5.41, 5.74) is 0. The minimum absolute atomic E-state index is 0.587. The highest BCUT2D eigenvalue weighted by Crippen LogP contribution is 2.22. The molecule has 2 heteroatoms. The summed E-state index contributed by atoms with van der Waals surface area (Å²) in [6, 6.07) is 1.75. The second kappa shape index (κ2) is 12.9. The molecule has 0 N–H and O–H groups in total. The minimum atomic E-state index is 0.587. The number of nitriles is 1. The lowest BCUT2D eigenvalue weighted by molar-refractivity contribution is 0.0710. The maximum Gasteiger partial charge on any atom is 0.0587 e. The third kappa shape index (κ3) is 10.6. The molecule has 0 aromatic rings. The van der Waals surface area contributed by atoms with Crippen molar-refractivity contribution in [2.24, 2.45) is 5.92 Å². The normalized spacial score (nSPS) is 20.8. The molecule has 2 aliphatic carbocycles. The lowest BCUT2D eigenvalue weighted by Crippen LogP contribution is -2.13. The van der Waals surface area contributed by atoms with Crippen molar-refractivity contribution in [2.45, 2.75) is 84.2 Å². The standard InChI is InChI=1S/C7H14O.C7H14.C2H3N/c1-8-7-5-3-2-4-6-7;1-7-5-3-2-4-6-7;1-2-3/h7H,2-6H2,1H3;7H,2-6H2,1H3;1H3. The Morgan fingerprint density at radius 3 is 1.50 bits per heavy atom. The van der Waals surface area contributed by atoms with Crippen molar-refractivity contribution in [2.75, 3.05) is 7.11 Å². The molecular weight excluding hydrogens is 222 g/mol. The summed E-state index contributed by atoms with van der Waals surface area (Å²) in [5.74, 6) is 1.04. The molecule has 18 heavy (non-hydrogen) atoms. The summed E-state index contributed by atoms with van der Waals surface area (Å²) >= 11 is 0. The topological polar surface area (TPSA) is 33.0 Å². The van der Waals surface area contributed by atoms with Gasteiger partial charge in [-0.25, -0.2) is 0 Å². The average molecular weight is 253 g/mol. The number of rotatable bonds is 1. The monoisotopic (exact) mass is 253 g/mol. The molecule has 0 saturated heterocycles. The van der Waals surface area contributed by atoms with Crippen LogP contribution in [-0.2, 0) is 4.74 Å². The Balaban J connectivity index is 0.000000267. The number of methoxy groups -OCH3 is 1. The van der Waals surface area contributed by atoms with E-state index in [2.05, 4.69) is 6.92 Å². The summed E-state index contributed by atoms with van der Waals surface area (Å²) in [5, 5.41) is 7.32. The predicted octanol–water partition coefficient (Wildman–Crippen LogP) is 5.08. The van der Waals surface area contributed by atoms with Crippen molar-refractivity contribution in [3.05, 3.63) is 0 Å². The summed E-state index contributed by atoms with van der Waals surface area (Å²) in [6.07, 6.45) is 14.8. The molecule has 2 fully saturated rings. The third-order valence-electron chi connectivity index (χ3n) is 3.78. The quantitative estimate of drug-likeness (QED) is 0.652. The van der Waals surface area contributed by atoms with Gasteiger partial charge in [0.05, 0.1) is 12.2 Å². The van der Waals surface area contributed by atoms with Gasteiger partial charge in [-0.05, 0) is 18.8 Å². The fraction of sp³-hybridized carbons (Fsp3) is 0.938. The van der Waals surface area contributed by atoms with Crippen LogP contribution in [0.4, 0.5) is 0 Å². The van der Waals surface area contributed by atoms with E-state index in [1.165, 1.54) is 71.1 Å². The van der Waals surface area contributed by atoms with Crippen LogP contribution >= 0.6 is 0 Å². The molecule has 0 spiro atoms. The lowest BCUT2D eigenvalue weighted by Gasteiger charge is -2.19. The van der Waals surface area contributed by atoms with Gasteiger partial charge in [0.15, 0.2) is 0 Å². The van der Waals surface area contributed by atoms with Crippen molar-refractivity contribution in [3.63, 3.8) is 0 Å². The molecule has 0 amide bonds. The van der Waals surface area contributed by atoms with Gasteiger partial charge in [-0.3, -0.25) is 0 Å². The van der Waals surface area contributed by atoms with E-state index in [1.54, 1.807) is 6.07 Å². The van der Waals surface area contributed by atoms with Gasteiger partial charge in [0.25, 0.3) is 0 Å². The van der Waals surface area contributed by atoms with E-state index in [4.69, 9.17) is 10.00 Å². The zero-order chi connectivity index (χ0) is 13.6. The Hall–Kier alpha value is -0.550. The van der Waals surface area contributed by atoms with Gasteiger partial charge in [0.2, 0.25) is 0 Å². The summed E-state index contributed by atoms with van der Waals surface area (Å²) in [7, 11) is 1.82. The van der Waals surface area contributed by atoms with Crippen LogP contribution in [0, 0.1) is 17.2 Å². The van der Waals surface area contributed by atoms with E-state index in [9.17, 15) is 0 Å². The molecule has 0 atom stereocenters. The predicted molar refractivity (Wildman–Crippen MR) is 77.4 cm³/mol. The van der Waals surface area contributed by atoms with E-state index < -0.39 is 0 Å². The first-order chi connectivity index (χ1) is 8.74. The highest BCUT2D eigenvalue weighted by molar-refractivity contribution is 4.63. The number of hydrogen-bond acceptors (Lipinski definition) is 2. The Morgan fingerprint density at radius 1 is 0.889 bits per heavy atom. The minimum Gasteiger partial charge on any atom is -0.381 e. The number of nitrogens with zero attached hydrogens (tertiary/aromatic N) is 1. The van der Waals surface area contributed by atoms with Gasteiger partial charge in [-0.1, -0.05) is 58.3 Å². The van der Waals surface area contributed by atoms with Crippen molar-refractivity contribution in [1.29, 1.82) is 5.26 Å². The third-order valence-corrected chi connectivity index (χ3v) is 3.78. The van der Waals surface area contributed by atoms with Gasteiger partial charge in [-0.15, -0.1) is 0 Å². The second-order valence-electron chi connectivity index (χ2n) is 5.46. The maximum absolute atomic E-state index is 7.32. The zero-order valence-electron chi connectivity index (χ0n) is 12.6. The number of hydrogen-bond donors (Lipinski definition) is 0. The van der Waals surface area contributed by atoms with Crippen LogP contribution in [0.5, 0.6) is 0 Å². The molecule has 0 aliphatic heterocycles. The first-order valence-corrected chi connectivity index (χ1v) is 7.58. The molecule has 2 rings (SSSR count). The van der Waals surface area contributed by atoms with Crippen LogP contribution in [0.25, 0.3) is 0 Å². The van der Waals surface area contributed by atoms with E-state index in [0.29, 0.717) is 6.10 Å². The van der Waals surface area contributed by atoms with Crippen LogP contribution in [-0.4, -0.2) is 13.2 Å². The van der Waals surface area contributed by atoms with Crippen LogP contribution < -0.4 is 0 Å². The first kappa shape index (κ1) is 17.4. The Labute approximate surface area is 114 Å². The van der Waals surface area contributed by atoms with Crippen LogP contribution in [0.1, 0.15) is 78.1 Å². The summed E-state index contributed by atoms with van der Waals surface area (Å²) in [4.78, 5) is 0. The van der Waals surface area contributed by atoms with Gasteiger partial charge in [-0.2, -0.15) is 5.26 Å².